The molecular weight excluding hydrogens is 322 g/mol. The molecule has 6 heteroatoms. The molecule has 2 aromatic carbocycles. The Bertz CT molecular complexity index is 934. The highest BCUT2D eigenvalue weighted by Gasteiger charge is 2.14. The van der Waals surface area contributed by atoms with E-state index in [1.807, 2.05) is 48.3 Å². The summed E-state index contributed by atoms with van der Waals surface area (Å²) in [6, 6.07) is 14.4. The van der Waals surface area contributed by atoms with Gasteiger partial charge in [-0.1, -0.05) is 12.1 Å². The van der Waals surface area contributed by atoms with Gasteiger partial charge in [-0.2, -0.15) is 0 Å². The third kappa shape index (κ3) is 3.44. The third-order valence-corrected chi connectivity index (χ3v) is 3.86. The van der Waals surface area contributed by atoms with Gasteiger partial charge in [-0.25, -0.2) is 4.79 Å². The third-order valence-electron chi connectivity index (χ3n) is 3.86. The largest absolute Gasteiger partial charge is 0.493 e. The first-order valence-corrected chi connectivity index (χ1v) is 7.70. The molecule has 3 rings (SSSR count). The fourth-order valence-electron chi connectivity index (χ4n) is 2.62. The van der Waals surface area contributed by atoms with E-state index in [-0.39, 0.29) is 6.79 Å². The number of nitrogens with zero attached hydrogens (tertiary/aromatic N) is 1. The standard InChI is InChI=1S/C19H19NO5/c1-20(13-8-9-17(23-3)18(10-13)24-12-22-2)15-11-19(21)25-16-7-5-4-6-14(15)16/h4-11H,12H2,1-3H3. The fourth-order valence-corrected chi connectivity index (χ4v) is 2.62. The molecule has 6 nitrogen and oxygen atoms in total. The summed E-state index contributed by atoms with van der Waals surface area (Å²) in [7, 11) is 5.01. The van der Waals surface area contributed by atoms with Gasteiger partial charge in [0, 0.05) is 37.4 Å². The van der Waals surface area contributed by atoms with Crippen molar-refractivity contribution in [3.05, 3.63) is 59.0 Å². The molecule has 0 aliphatic carbocycles. The normalized spacial score (nSPS) is 10.7. The van der Waals surface area contributed by atoms with Crippen molar-refractivity contribution in [3.63, 3.8) is 0 Å². The van der Waals surface area contributed by atoms with Crippen LogP contribution in [-0.4, -0.2) is 28.1 Å². The Morgan fingerprint density at radius 2 is 1.84 bits per heavy atom. The van der Waals surface area contributed by atoms with Gasteiger partial charge >= 0.3 is 5.63 Å². The maximum Gasteiger partial charge on any atom is 0.338 e. The van der Waals surface area contributed by atoms with Crippen molar-refractivity contribution in [1.82, 2.24) is 0 Å². The topological polar surface area (TPSA) is 61.1 Å². The lowest BCUT2D eigenvalue weighted by atomic mass is 10.1. The van der Waals surface area contributed by atoms with Gasteiger partial charge in [0.25, 0.3) is 0 Å². The molecule has 25 heavy (non-hydrogen) atoms. The minimum absolute atomic E-state index is 0.112. The van der Waals surface area contributed by atoms with E-state index in [0.717, 1.165) is 16.8 Å². The van der Waals surface area contributed by atoms with Crippen molar-refractivity contribution >= 4 is 22.3 Å². The highest BCUT2D eigenvalue weighted by atomic mass is 16.7. The van der Waals surface area contributed by atoms with Crippen LogP contribution in [0.5, 0.6) is 11.5 Å². The van der Waals surface area contributed by atoms with Crippen LogP contribution in [0.15, 0.2) is 57.7 Å². The molecular formula is C19H19NO5. The predicted molar refractivity (Wildman–Crippen MR) is 96.0 cm³/mol. The van der Waals surface area contributed by atoms with Gasteiger partial charge in [-0.15, -0.1) is 0 Å². The van der Waals surface area contributed by atoms with Crippen LogP contribution in [0.2, 0.25) is 0 Å². The van der Waals surface area contributed by atoms with Crippen LogP contribution in [0.25, 0.3) is 11.0 Å². The van der Waals surface area contributed by atoms with Gasteiger partial charge < -0.3 is 23.5 Å². The van der Waals surface area contributed by atoms with Crippen molar-refractivity contribution in [2.24, 2.45) is 0 Å². The quantitative estimate of drug-likeness (QED) is 0.505. The van der Waals surface area contributed by atoms with Gasteiger partial charge in [0.15, 0.2) is 18.3 Å². The van der Waals surface area contributed by atoms with Gasteiger partial charge in [0.1, 0.15) is 5.58 Å². The number of methoxy groups -OCH3 is 2. The molecule has 0 aliphatic rings. The first-order valence-electron chi connectivity index (χ1n) is 7.70. The lowest BCUT2D eigenvalue weighted by molar-refractivity contribution is 0.0492. The highest BCUT2D eigenvalue weighted by molar-refractivity contribution is 5.92. The van der Waals surface area contributed by atoms with E-state index < -0.39 is 5.63 Å². The molecule has 0 N–H and O–H groups in total. The molecule has 0 bridgehead atoms. The average Bonchev–Trinajstić information content (AvgIpc) is 2.64. The number of rotatable bonds is 6. The van der Waals surface area contributed by atoms with Crippen molar-refractivity contribution < 1.29 is 18.6 Å². The zero-order valence-corrected chi connectivity index (χ0v) is 14.3. The van der Waals surface area contributed by atoms with Gasteiger partial charge in [-0.3, -0.25) is 0 Å². The maximum atomic E-state index is 11.9. The van der Waals surface area contributed by atoms with Crippen molar-refractivity contribution in [2.75, 3.05) is 33.0 Å². The average molecular weight is 341 g/mol. The Morgan fingerprint density at radius 3 is 2.60 bits per heavy atom. The second kappa shape index (κ2) is 7.27. The van der Waals surface area contributed by atoms with E-state index in [1.54, 1.807) is 20.3 Å². The summed E-state index contributed by atoms with van der Waals surface area (Å²) >= 11 is 0. The van der Waals surface area contributed by atoms with Crippen LogP contribution in [0, 0.1) is 0 Å². The van der Waals surface area contributed by atoms with Crippen molar-refractivity contribution in [3.8, 4) is 11.5 Å². The van der Waals surface area contributed by atoms with Crippen LogP contribution in [0.1, 0.15) is 0 Å². The maximum absolute atomic E-state index is 11.9. The van der Waals surface area contributed by atoms with E-state index in [2.05, 4.69) is 0 Å². The predicted octanol–water partition coefficient (Wildman–Crippen LogP) is 3.55. The van der Waals surface area contributed by atoms with Crippen LogP contribution in [0.3, 0.4) is 0 Å². The zero-order chi connectivity index (χ0) is 17.8. The summed E-state index contributed by atoms with van der Waals surface area (Å²) in [6.45, 7) is 0.112. The van der Waals surface area contributed by atoms with Gasteiger partial charge in [0.05, 0.1) is 12.8 Å². The molecule has 1 aromatic heterocycles. The summed E-state index contributed by atoms with van der Waals surface area (Å²) in [6.07, 6.45) is 0. The Balaban J connectivity index is 2.06. The number of hydrogen-bond donors (Lipinski definition) is 0. The highest BCUT2D eigenvalue weighted by Crippen LogP contribution is 2.35. The molecule has 3 aromatic rings. The fraction of sp³-hybridized carbons (Fsp3) is 0.211. The van der Waals surface area contributed by atoms with E-state index in [0.29, 0.717) is 17.1 Å². The van der Waals surface area contributed by atoms with E-state index in [9.17, 15) is 4.79 Å². The van der Waals surface area contributed by atoms with Crippen LogP contribution < -0.4 is 20.0 Å². The Kier molecular flexibility index (Phi) is 4.90. The monoisotopic (exact) mass is 341 g/mol. The summed E-state index contributed by atoms with van der Waals surface area (Å²) in [5.41, 5.74) is 1.73. The number of fused-ring (bicyclic) bond motifs is 1. The molecule has 0 radical (unpaired) electrons. The first-order chi connectivity index (χ1) is 12.1. The van der Waals surface area contributed by atoms with E-state index >= 15 is 0 Å². The number of anilines is 2. The molecule has 0 saturated carbocycles. The summed E-state index contributed by atoms with van der Waals surface area (Å²) in [4.78, 5) is 13.8. The van der Waals surface area contributed by atoms with Crippen LogP contribution >= 0.6 is 0 Å². The van der Waals surface area contributed by atoms with Gasteiger partial charge in [0.2, 0.25) is 0 Å². The van der Waals surface area contributed by atoms with Gasteiger partial charge in [-0.05, 0) is 24.3 Å². The molecule has 0 aliphatic heterocycles. The Labute approximate surface area is 145 Å². The molecule has 0 fully saturated rings. The Hall–Kier alpha value is -2.99. The first kappa shape index (κ1) is 16.9. The summed E-state index contributed by atoms with van der Waals surface area (Å²) in [5.74, 6) is 1.16. The SMILES string of the molecule is COCOc1cc(N(C)c2cc(=O)oc3ccccc23)ccc1OC. The molecule has 0 unspecified atom stereocenters. The molecule has 0 saturated heterocycles. The molecule has 0 spiro atoms. The Morgan fingerprint density at radius 1 is 1.04 bits per heavy atom. The lowest BCUT2D eigenvalue weighted by Crippen LogP contribution is -2.13. The molecule has 1 heterocycles. The van der Waals surface area contributed by atoms with Crippen molar-refractivity contribution in [1.29, 1.82) is 0 Å². The molecule has 130 valence electrons. The minimum atomic E-state index is -0.398. The van der Waals surface area contributed by atoms with Crippen LogP contribution in [0.4, 0.5) is 11.4 Å². The smallest absolute Gasteiger partial charge is 0.338 e. The van der Waals surface area contributed by atoms with Crippen LogP contribution in [-0.2, 0) is 4.74 Å². The second-order valence-electron chi connectivity index (χ2n) is 5.39. The van der Waals surface area contributed by atoms with E-state index in [1.165, 1.54) is 6.07 Å². The van der Waals surface area contributed by atoms with Crippen molar-refractivity contribution in [2.45, 2.75) is 0 Å². The minimum Gasteiger partial charge on any atom is -0.493 e. The number of para-hydroxylation sites is 1. The zero-order valence-electron chi connectivity index (χ0n) is 14.3. The number of ether oxygens (including phenoxy) is 3. The van der Waals surface area contributed by atoms with E-state index in [4.69, 9.17) is 18.6 Å². The lowest BCUT2D eigenvalue weighted by Gasteiger charge is -2.22. The summed E-state index contributed by atoms with van der Waals surface area (Å²) in [5, 5.41) is 0.847. The number of hydrogen-bond acceptors (Lipinski definition) is 6. The second-order valence-corrected chi connectivity index (χ2v) is 5.39. The summed E-state index contributed by atoms with van der Waals surface area (Å²) < 4.78 is 21.1. The number of benzene rings is 2. The molecule has 0 amide bonds. The molecule has 0 atom stereocenters.